The normalized spacial score (nSPS) is 31.7. The second-order valence-electron chi connectivity index (χ2n) is 10.0. The summed E-state index contributed by atoms with van der Waals surface area (Å²) >= 11 is 0. The van der Waals surface area contributed by atoms with Crippen molar-refractivity contribution in [1.29, 1.82) is 0 Å². The zero-order chi connectivity index (χ0) is 20.1. The smallest absolute Gasteiger partial charge is 0.306 e. The van der Waals surface area contributed by atoms with Gasteiger partial charge in [-0.3, -0.25) is 9.59 Å². The van der Waals surface area contributed by atoms with E-state index in [9.17, 15) is 9.59 Å². The second kappa shape index (κ2) is 11.0. The Kier molecular flexibility index (Phi) is 9.27. The number of amides is 1. The summed E-state index contributed by atoms with van der Waals surface area (Å²) in [6.45, 7) is 5.28. The number of hydrogen-bond acceptors (Lipinski definition) is 4. The molecule has 29 heavy (non-hydrogen) atoms. The van der Waals surface area contributed by atoms with E-state index in [1.165, 1.54) is 38.5 Å². The van der Waals surface area contributed by atoms with E-state index >= 15 is 0 Å². The van der Waals surface area contributed by atoms with E-state index in [0.717, 1.165) is 37.0 Å². The van der Waals surface area contributed by atoms with Gasteiger partial charge in [-0.2, -0.15) is 0 Å². The minimum Gasteiger partial charge on any atom is -0.466 e. The first-order valence-electron chi connectivity index (χ1n) is 11.6. The number of rotatable bonds is 12. The van der Waals surface area contributed by atoms with Crippen LogP contribution in [0.2, 0.25) is 0 Å². The van der Waals surface area contributed by atoms with Crippen LogP contribution in [0.4, 0.5) is 0 Å². The standard InChI is InChI=1S/C23H40N2O3.ClH/c1-3-5-16(15-25-20(4-2)22(24)27)11-21(26)28-7-6-23-12-17-8-18(13-23)10-19(9-17)14-23;/h16-20,25H,3-15H2,1-2H3,(H2,24,27);1H/t16?,17?,18?,19?,20-,23?;/m0./s1. The molecule has 0 heterocycles. The molecule has 168 valence electrons. The van der Waals surface area contributed by atoms with Crippen molar-refractivity contribution in [3.63, 3.8) is 0 Å². The monoisotopic (exact) mass is 428 g/mol. The Bertz CT molecular complexity index is 519. The Morgan fingerprint density at radius 3 is 2.17 bits per heavy atom. The van der Waals surface area contributed by atoms with Crippen molar-refractivity contribution in [1.82, 2.24) is 5.32 Å². The number of nitrogens with two attached hydrogens (primary N) is 1. The Morgan fingerprint density at radius 1 is 1.10 bits per heavy atom. The van der Waals surface area contributed by atoms with E-state index in [1.54, 1.807) is 0 Å². The molecule has 4 rings (SSSR count). The summed E-state index contributed by atoms with van der Waals surface area (Å²) < 4.78 is 5.68. The Labute approximate surface area is 182 Å². The molecule has 0 aliphatic heterocycles. The van der Waals surface area contributed by atoms with Gasteiger partial charge in [0, 0.05) is 6.42 Å². The molecule has 5 nitrogen and oxygen atoms in total. The number of nitrogens with one attached hydrogen (secondary N) is 1. The molecule has 0 aromatic heterocycles. The molecule has 6 heteroatoms. The maximum Gasteiger partial charge on any atom is 0.306 e. The van der Waals surface area contributed by atoms with Crippen molar-refractivity contribution in [3.05, 3.63) is 0 Å². The van der Waals surface area contributed by atoms with Crippen LogP contribution >= 0.6 is 12.4 Å². The molecule has 0 spiro atoms. The highest BCUT2D eigenvalue weighted by atomic mass is 35.5. The van der Waals surface area contributed by atoms with E-state index < -0.39 is 0 Å². The molecule has 4 aliphatic rings. The third-order valence-electron chi connectivity index (χ3n) is 7.62. The molecule has 4 fully saturated rings. The molecular formula is C23H41ClN2O3. The van der Waals surface area contributed by atoms with Crippen LogP contribution in [-0.4, -0.2) is 31.1 Å². The third kappa shape index (κ3) is 6.58. The van der Waals surface area contributed by atoms with Crippen LogP contribution in [0, 0.1) is 29.1 Å². The Balaban J connectivity index is 0.00000300. The lowest BCUT2D eigenvalue weighted by Crippen LogP contribution is -2.46. The lowest BCUT2D eigenvalue weighted by Gasteiger charge is -2.57. The highest BCUT2D eigenvalue weighted by Gasteiger charge is 2.50. The summed E-state index contributed by atoms with van der Waals surface area (Å²) in [5.74, 6) is 2.62. The average Bonchev–Trinajstić information content (AvgIpc) is 2.60. The van der Waals surface area contributed by atoms with Gasteiger partial charge in [0.1, 0.15) is 0 Å². The van der Waals surface area contributed by atoms with Gasteiger partial charge in [-0.1, -0.05) is 20.3 Å². The minimum atomic E-state index is -0.323. The van der Waals surface area contributed by atoms with Crippen molar-refractivity contribution in [2.45, 2.75) is 90.5 Å². The molecule has 1 unspecified atom stereocenters. The number of halogens is 1. The Morgan fingerprint density at radius 2 is 1.69 bits per heavy atom. The number of esters is 1. The van der Waals surface area contributed by atoms with Crippen LogP contribution in [0.15, 0.2) is 0 Å². The number of primary amides is 1. The minimum absolute atomic E-state index is 0. The van der Waals surface area contributed by atoms with Gasteiger partial charge < -0.3 is 15.8 Å². The topological polar surface area (TPSA) is 81.4 Å². The highest BCUT2D eigenvalue weighted by molar-refractivity contribution is 5.85. The molecule has 0 aromatic rings. The second-order valence-corrected chi connectivity index (χ2v) is 10.0. The summed E-state index contributed by atoms with van der Waals surface area (Å²) in [7, 11) is 0. The van der Waals surface area contributed by atoms with Crippen LogP contribution in [0.5, 0.6) is 0 Å². The van der Waals surface area contributed by atoms with Gasteiger partial charge in [0.15, 0.2) is 0 Å². The summed E-state index contributed by atoms with van der Waals surface area (Å²) in [6.07, 6.45) is 12.6. The van der Waals surface area contributed by atoms with Crippen LogP contribution in [-0.2, 0) is 14.3 Å². The van der Waals surface area contributed by atoms with E-state index in [0.29, 0.717) is 31.4 Å². The van der Waals surface area contributed by atoms with Gasteiger partial charge in [0.2, 0.25) is 5.91 Å². The number of carbonyl (C=O) groups is 2. The SMILES string of the molecule is CCCC(CN[C@@H](CC)C(N)=O)CC(=O)OCCC12CC3CC(CC(C3)C1)C2.Cl. The highest BCUT2D eigenvalue weighted by Crippen LogP contribution is 2.61. The average molecular weight is 429 g/mol. The van der Waals surface area contributed by atoms with E-state index in [1.807, 2.05) is 6.92 Å². The fraction of sp³-hybridized carbons (Fsp3) is 0.913. The van der Waals surface area contributed by atoms with Crippen molar-refractivity contribution in [2.24, 2.45) is 34.8 Å². The summed E-state index contributed by atoms with van der Waals surface area (Å²) in [4.78, 5) is 23.8. The van der Waals surface area contributed by atoms with Gasteiger partial charge in [0.25, 0.3) is 0 Å². The lowest BCUT2D eigenvalue weighted by atomic mass is 9.49. The van der Waals surface area contributed by atoms with Gasteiger partial charge in [0.05, 0.1) is 12.6 Å². The van der Waals surface area contributed by atoms with Gasteiger partial charge in [-0.25, -0.2) is 0 Å². The Hall–Kier alpha value is -0.810. The summed E-state index contributed by atoms with van der Waals surface area (Å²) in [5, 5.41) is 3.22. The zero-order valence-corrected chi connectivity index (χ0v) is 19.1. The van der Waals surface area contributed by atoms with Crippen molar-refractivity contribution < 1.29 is 14.3 Å². The molecule has 0 radical (unpaired) electrons. The maximum atomic E-state index is 12.4. The number of carbonyl (C=O) groups excluding carboxylic acids is 2. The third-order valence-corrected chi connectivity index (χ3v) is 7.62. The first-order valence-corrected chi connectivity index (χ1v) is 11.6. The largest absolute Gasteiger partial charge is 0.466 e. The predicted molar refractivity (Wildman–Crippen MR) is 118 cm³/mol. The fourth-order valence-electron chi connectivity index (χ4n) is 6.71. The van der Waals surface area contributed by atoms with E-state index in [2.05, 4.69) is 12.2 Å². The van der Waals surface area contributed by atoms with Gasteiger partial charge >= 0.3 is 5.97 Å². The molecule has 4 saturated carbocycles. The molecule has 3 N–H and O–H groups in total. The molecule has 1 amide bonds. The summed E-state index contributed by atoms with van der Waals surface area (Å²) in [5.41, 5.74) is 5.87. The molecule has 2 atom stereocenters. The van der Waals surface area contributed by atoms with Gasteiger partial charge in [-0.05, 0) is 93.4 Å². The lowest BCUT2D eigenvalue weighted by molar-refractivity contribution is -0.147. The van der Waals surface area contributed by atoms with Crippen LogP contribution in [0.3, 0.4) is 0 Å². The van der Waals surface area contributed by atoms with E-state index in [4.69, 9.17) is 10.5 Å². The molecular weight excluding hydrogens is 388 g/mol. The van der Waals surface area contributed by atoms with Crippen LogP contribution in [0.25, 0.3) is 0 Å². The van der Waals surface area contributed by atoms with Crippen molar-refractivity contribution in [3.8, 4) is 0 Å². The van der Waals surface area contributed by atoms with Gasteiger partial charge in [-0.15, -0.1) is 12.4 Å². The zero-order valence-electron chi connectivity index (χ0n) is 18.3. The number of ether oxygens (including phenoxy) is 1. The summed E-state index contributed by atoms with van der Waals surface area (Å²) in [6, 6.07) is -0.313. The molecule has 0 saturated heterocycles. The van der Waals surface area contributed by atoms with Crippen LogP contribution < -0.4 is 11.1 Å². The first kappa shape index (κ1) is 24.5. The fourth-order valence-corrected chi connectivity index (χ4v) is 6.71. The molecule has 4 aliphatic carbocycles. The predicted octanol–water partition coefficient (Wildman–Crippen LogP) is 4.22. The van der Waals surface area contributed by atoms with Crippen molar-refractivity contribution >= 4 is 24.3 Å². The van der Waals surface area contributed by atoms with Crippen molar-refractivity contribution in [2.75, 3.05) is 13.2 Å². The maximum absolute atomic E-state index is 12.4. The molecule has 0 aromatic carbocycles. The quantitative estimate of drug-likeness (QED) is 0.456. The first-order chi connectivity index (χ1) is 13.4. The molecule has 4 bridgehead atoms. The number of hydrogen-bond donors (Lipinski definition) is 2. The van der Waals surface area contributed by atoms with Crippen LogP contribution in [0.1, 0.15) is 84.5 Å². The van der Waals surface area contributed by atoms with E-state index in [-0.39, 0.29) is 36.2 Å².